The molecule has 0 radical (unpaired) electrons. The summed E-state index contributed by atoms with van der Waals surface area (Å²) in [7, 11) is 0. The number of pyridine rings is 1. The van der Waals surface area contributed by atoms with Gasteiger partial charge in [-0.3, -0.25) is 14.6 Å². The van der Waals surface area contributed by atoms with Gasteiger partial charge >= 0.3 is 0 Å². The predicted molar refractivity (Wildman–Crippen MR) is 123 cm³/mol. The Kier molecular flexibility index (Phi) is 6.42. The maximum atomic E-state index is 13.7. The lowest BCUT2D eigenvalue weighted by atomic mass is 10.0. The molecule has 2 unspecified atom stereocenters. The second-order valence-corrected chi connectivity index (χ2v) is 8.49. The van der Waals surface area contributed by atoms with E-state index in [2.05, 4.69) is 10.3 Å². The van der Waals surface area contributed by atoms with E-state index in [9.17, 15) is 9.59 Å². The number of fused-ring (bicyclic) bond motifs is 1. The molecule has 6 nitrogen and oxygen atoms in total. The zero-order valence-corrected chi connectivity index (χ0v) is 18.6. The first-order chi connectivity index (χ1) is 15.4. The van der Waals surface area contributed by atoms with Crippen molar-refractivity contribution in [2.45, 2.75) is 32.5 Å². The number of anilines is 1. The van der Waals surface area contributed by atoms with Crippen LogP contribution in [0, 0.1) is 5.92 Å². The first-order valence-electron chi connectivity index (χ1n) is 10.5. The van der Waals surface area contributed by atoms with Crippen LogP contribution in [-0.2, 0) is 16.1 Å². The Morgan fingerprint density at radius 2 is 1.94 bits per heavy atom. The van der Waals surface area contributed by atoms with E-state index < -0.39 is 12.1 Å². The lowest BCUT2D eigenvalue weighted by Gasteiger charge is -2.31. The maximum Gasteiger partial charge on any atom is 0.265 e. The van der Waals surface area contributed by atoms with E-state index in [-0.39, 0.29) is 24.3 Å². The van der Waals surface area contributed by atoms with Crippen LogP contribution < -0.4 is 10.1 Å². The summed E-state index contributed by atoms with van der Waals surface area (Å²) in [6.07, 6.45) is 2.62. The molecule has 2 aromatic carbocycles. The van der Waals surface area contributed by atoms with Crippen LogP contribution >= 0.6 is 11.6 Å². The molecule has 3 aromatic rings. The molecule has 2 atom stereocenters. The lowest BCUT2D eigenvalue weighted by Crippen LogP contribution is -2.46. The lowest BCUT2D eigenvalue weighted by molar-refractivity contribution is -0.146. The Morgan fingerprint density at radius 3 is 2.62 bits per heavy atom. The molecule has 2 heterocycles. The van der Waals surface area contributed by atoms with E-state index in [1.165, 1.54) is 0 Å². The maximum absolute atomic E-state index is 13.7. The fraction of sp³-hybridized carbons (Fsp3) is 0.240. The molecule has 7 heteroatoms. The summed E-state index contributed by atoms with van der Waals surface area (Å²) in [5.41, 5.74) is 2.00. The van der Waals surface area contributed by atoms with Crippen LogP contribution in [0.5, 0.6) is 5.75 Å². The summed E-state index contributed by atoms with van der Waals surface area (Å²) < 4.78 is 6.14. The number of aromatic nitrogens is 1. The number of halogens is 1. The summed E-state index contributed by atoms with van der Waals surface area (Å²) >= 11 is 6.30. The number of para-hydroxylation sites is 1. The minimum absolute atomic E-state index is 0.0987. The van der Waals surface area contributed by atoms with Gasteiger partial charge in [0.05, 0.1) is 0 Å². The van der Waals surface area contributed by atoms with E-state index >= 15 is 0 Å². The van der Waals surface area contributed by atoms with E-state index in [1.54, 1.807) is 53.7 Å². The van der Waals surface area contributed by atoms with E-state index in [0.29, 0.717) is 22.0 Å². The molecule has 0 aliphatic carbocycles. The molecule has 0 saturated carbocycles. The molecule has 2 amide bonds. The van der Waals surface area contributed by atoms with Crippen LogP contribution in [-0.4, -0.2) is 27.8 Å². The monoisotopic (exact) mass is 449 g/mol. The SMILES string of the molecule is CC(C)C1Oc2ccc(Cl)cc2C(C(=O)Nc2ccccc2)N(Cc2cccnc2)C1=O. The number of ether oxygens (including phenoxy) is 1. The van der Waals surface area contributed by atoms with Gasteiger partial charge in [-0.25, -0.2) is 0 Å². The molecule has 32 heavy (non-hydrogen) atoms. The van der Waals surface area contributed by atoms with Gasteiger partial charge in [0.2, 0.25) is 0 Å². The fourth-order valence-corrected chi connectivity index (χ4v) is 3.96. The Hall–Kier alpha value is -3.38. The summed E-state index contributed by atoms with van der Waals surface area (Å²) in [4.78, 5) is 33.0. The largest absolute Gasteiger partial charge is 0.480 e. The third-order valence-corrected chi connectivity index (χ3v) is 5.56. The second-order valence-electron chi connectivity index (χ2n) is 8.05. The van der Waals surface area contributed by atoms with Crippen molar-refractivity contribution in [3.05, 3.63) is 89.2 Å². The number of hydrogen-bond acceptors (Lipinski definition) is 4. The first kappa shape index (κ1) is 21.8. The normalized spacial score (nSPS) is 18.0. The van der Waals surface area contributed by atoms with E-state index in [0.717, 1.165) is 5.56 Å². The molecule has 1 aliphatic rings. The number of nitrogens with zero attached hydrogens (tertiary/aromatic N) is 2. The van der Waals surface area contributed by atoms with Gasteiger partial charge in [0.15, 0.2) is 6.10 Å². The molecular weight excluding hydrogens is 426 g/mol. The highest BCUT2D eigenvalue weighted by molar-refractivity contribution is 6.30. The molecular formula is C25H24ClN3O3. The minimum Gasteiger partial charge on any atom is -0.480 e. The van der Waals surface area contributed by atoms with Crippen LogP contribution in [0.2, 0.25) is 5.02 Å². The summed E-state index contributed by atoms with van der Waals surface area (Å²) in [5.74, 6) is -0.226. The number of benzene rings is 2. The zero-order chi connectivity index (χ0) is 22.7. The average Bonchev–Trinajstić information content (AvgIpc) is 2.90. The Labute approximate surface area is 192 Å². The van der Waals surface area contributed by atoms with Crippen molar-refractivity contribution in [1.29, 1.82) is 0 Å². The van der Waals surface area contributed by atoms with Crippen molar-refractivity contribution in [3.8, 4) is 5.75 Å². The van der Waals surface area contributed by atoms with Gasteiger partial charge in [-0.15, -0.1) is 0 Å². The van der Waals surface area contributed by atoms with Crippen LogP contribution in [0.15, 0.2) is 73.1 Å². The van der Waals surface area contributed by atoms with Gasteiger partial charge in [0.1, 0.15) is 11.8 Å². The number of hydrogen-bond donors (Lipinski definition) is 1. The summed E-state index contributed by atoms with van der Waals surface area (Å²) in [6.45, 7) is 4.05. The van der Waals surface area contributed by atoms with Gasteiger partial charge in [0.25, 0.3) is 11.8 Å². The summed E-state index contributed by atoms with van der Waals surface area (Å²) in [5, 5.41) is 3.39. The Bertz CT molecular complexity index is 1110. The van der Waals surface area contributed by atoms with Crippen LogP contribution in [0.4, 0.5) is 5.69 Å². The van der Waals surface area contributed by atoms with Gasteiger partial charge in [-0.2, -0.15) is 0 Å². The molecule has 1 aromatic heterocycles. The number of nitrogens with one attached hydrogen (secondary N) is 1. The molecule has 0 saturated heterocycles. The molecule has 4 rings (SSSR count). The Balaban J connectivity index is 1.82. The number of rotatable bonds is 5. The third-order valence-electron chi connectivity index (χ3n) is 5.33. The highest BCUT2D eigenvalue weighted by Gasteiger charge is 2.42. The van der Waals surface area contributed by atoms with Gasteiger partial charge in [0, 0.05) is 35.2 Å². The van der Waals surface area contributed by atoms with E-state index in [1.807, 2.05) is 38.1 Å². The van der Waals surface area contributed by atoms with Crippen molar-refractivity contribution in [2.24, 2.45) is 5.92 Å². The van der Waals surface area contributed by atoms with Crippen LogP contribution in [0.3, 0.4) is 0 Å². The molecule has 164 valence electrons. The molecule has 1 aliphatic heterocycles. The average molecular weight is 450 g/mol. The minimum atomic E-state index is -0.930. The van der Waals surface area contributed by atoms with Crippen molar-refractivity contribution in [1.82, 2.24) is 9.88 Å². The highest BCUT2D eigenvalue weighted by Crippen LogP contribution is 2.38. The van der Waals surface area contributed by atoms with Gasteiger partial charge in [-0.1, -0.05) is 49.7 Å². The first-order valence-corrected chi connectivity index (χ1v) is 10.8. The Morgan fingerprint density at radius 1 is 1.16 bits per heavy atom. The van der Waals surface area contributed by atoms with Crippen LogP contribution in [0.1, 0.15) is 31.0 Å². The van der Waals surface area contributed by atoms with E-state index in [4.69, 9.17) is 16.3 Å². The predicted octanol–water partition coefficient (Wildman–Crippen LogP) is 4.86. The molecule has 0 fully saturated rings. The molecule has 0 spiro atoms. The summed E-state index contributed by atoms with van der Waals surface area (Å²) in [6, 6.07) is 17.0. The number of amides is 2. The van der Waals surface area contributed by atoms with Gasteiger partial charge < -0.3 is 15.0 Å². The zero-order valence-electron chi connectivity index (χ0n) is 17.9. The number of carbonyl (C=O) groups excluding carboxylic acids is 2. The second kappa shape index (κ2) is 9.40. The molecule has 1 N–H and O–H groups in total. The third kappa shape index (κ3) is 4.60. The van der Waals surface area contributed by atoms with Crippen molar-refractivity contribution in [3.63, 3.8) is 0 Å². The van der Waals surface area contributed by atoms with Crippen LogP contribution in [0.25, 0.3) is 0 Å². The molecule has 0 bridgehead atoms. The standard InChI is InChI=1S/C25H24ClN3O3/c1-16(2)23-25(31)29(15-17-7-6-12-27-14-17)22(20-13-18(26)10-11-21(20)32-23)24(30)28-19-8-4-3-5-9-19/h3-14,16,22-23H,15H2,1-2H3,(H,28,30). The van der Waals surface area contributed by atoms with Crippen molar-refractivity contribution in [2.75, 3.05) is 5.32 Å². The highest BCUT2D eigenvalue weighted by atomic mass is 35.5. The topological polar surface area (TPSA) is 71.5 Å². The number of carbonyl (C=O) groups is 2. The quantitative estimate of drug-likeness (QED) is 0.603. The van der Waals surface area contributed by atoms with Crippen molar-refractivity contribution < 1.29 is 14.3 Å². The fourth-order valence-electron chi connectivity index (χ4n) is 3.78. The van der Waals surface area contributed by atoms with Crippen molar-refractivity contribution >= 4 is 29.1 Å². The smallest absolute Gasteiger partial charge is 0.265 e. The van der Waals surface area contributed by atoms with Gasteiger partial charge in [-0.05, 0) is 47.9 Å².